The molecule has 1 saturated heterocycles. The minimum absolute atomic E-state index is 0.0324. The summed E-state index contributed by atoms with van der Waals surface area (Å²) in [5.41, 5.74) is 0.0687. The fraction of sp³-hybridized carbons (Fsp3) is 0.150. The van der Waals surface area contributed by atoms with Gasteiger partial charge in [-0.2, -0.15) is 0 Å². The van der Waals surface area contributed by atoms with Crippen molar-refractivity contribution in [1.82, 2.24) is 4.90 Å². The Morgan fingerprint density at radius 3 is 2.65 bits per heavy atom. The van der Waals surface area contributed by atoms with Crippen LogP contribution < -0.4 is 4.74 Å². The molecule has 1 aliphatic heterocycles. The van der Waals surface area contributed by atoms with Crippen LogP contribution in [0.25, 0.3) is 6.08 Å². The molecule has 1 amide bonds. The van der Waals surface area contributed by atoms with Crippen molar-refractivity contribution in [3.8, 4) is 11.5 Å². The Balaban J connectivity index is 1.80. The van der Waals surface area contributed by atoms with E-state index >= 15 is 0 Å². The van der Waals surface area contributed by atoms with Crippen LogP contribution >= 0.6 is 24.0 Å². The van der Waals surface area contributed by atoms with Crippen LogP contribution in [0.2, 0.25) is 0 Å². The lowest BCUT2D eigenvalue weighted by molar-refractivity contribution is -0.385. The predicted molar refractivity (Wildman–Crippen MR) is 116 cm³/mol. The average molecular weight is 462 g/mol. The summed E-state index contributed by atoms with van der Waals surface area (Å²) in [5, 5.41) is 20.2. The zero-order valence-electron chi connectivity index (χ0n) is 15.8. The van der Waals surface area contributed by atoms with Gasteiger partial charge in [0.05, 0.1) is 9.83 Å². The summed E-state index contributed by atoms with van der Waals surface area (Å²) in [6.07, 6.45) is 1.65. The third kappa shape index (κ3) is 5.64. The molecular weight excluding hydrogens is 447 g/mol. The Morgan fingerprint density at radius 2 is 2.00 bits per heavy atom. The van der Waals surface area contributed by atoms with E-state index in [1.165, 1.54) is 47.4 Å². The maximum atomic E-state index is 13.0. The first-order chi connectivity index (χ1) is 14.7. The van der Waals surface area contributed by atoms with Crippen molar-refractivity contribution in [3.05, 3.63) is 68.9 Å². The first-order valence-corrected chi connectivity index (χ1v) is 10.2. The number of thioether (sulfide) groups is 1. The van der Waals surface area contributed by atoms with Crippen LogP contribution in [0.4, 0.5) is 10.1 Å². The lowest BCUT2D eigenvalue weighted by Gasteiger charge is -2.13. The Kier molecular flexibility index (Phi) is 6.98. The number of halogens is 1. The number of carboxylic acids is 1. The molecule has 3 rings (SSSR count). The molecule has 0 bridgehead atoms. The van der Waals surface area contributed by atoms with E-state index in [1.54, 1.807) is 6.07 Å². The SMILES string of the molecule is O=C(O)CCCN1C(=O)/C(=C/c2ccc(Oc3ccc(F)cc3)c([N+](=O)[O-])c2)SC1=S. The maximum Gasteiger partial charge on any atom is 0.312 e. The molecule has 2 aromatic carbocycles. The second-order valence-electron chi connectivity index (χ2n) is 6.37. The number of nitrogens with zero attached hydrogens (tertiary/aromatic N) is 2. The van der Waals surface area contributed by atoms with E-state index in [0.29, 0.717) is 9.88 Å². The monoisotopic (exact) mass is 462 g/mol. The van der Waals surface area contributed by atoms with E-state index in [1.807, 2.05) is 0 Å². The zero-order valence-corrected chi connectivity index (χ0v) is 17.5. The summed E-state index contributed by atoms with van der Waals surface area (Å²) < 4.78 is 18.8. The highest BCUT2D eigenvalue weighted by Gasteiger charge is 2.31. The first-order valence-electron chi connectivity index (χ1n) is 8.93. The summed E-state index contributed by atoms with van der Waals surface area (Å²) >= 11 is 6.23. The first kappa shape index (κ1) is 22.4. The largest absolute Gasteiger partial charge is 0.481 e. The quantitative estimate of drug-likeness (QED) is 0.262. The summed E-state index contributed by atoms with van der Waals surface area (Å²) in [6, 6.07) is 9.24. The highest BCUT2D eigenvalue weighted by Crippen LogP contribution is 2.36. The van der Waals surface area contributed by atoms with Gasteiger partial charge >= 0.3 is 11.7 Å². The van der Waals surface area contributed by atoms with Gasteiger partial charge in [0.25, 0.3) is 5.91 Å². The summed E-state index contributed by atoms with van der Waals surface area (Å²) in [6.45, 7) is 0.179. The normalized spacial score (nSPS) is 14.9. The Hall–Kier alpha value is -3.31. The fourth-order valence-corrected chi connectivity index (χ4v) is 4.02. The second kappa shape index (κ2) is 9.67. The fourth-order valence-electron chi connectivity index (χ4n) is 2.72. The molecule has 1 aliphatic rings. The van der Waals surface area contributed by atoms with Gasteiger partial charge in [0, 0.05) is 19.0 Å². The van der Waals surface area contributed by atoms with E-state index in [9.17, 15) is 24.1 Å². The molecule has 1 fully saturated rings. The highest BCUT2D eigenvalue weighted by molar-refractivity contribution is 8.26. The molecule has 2 aromatic rings. The number of carbonyl (C=O) groups is 2. The van der Waals surface area contributed by atoms with E-state index in [4.69, 9.17) is 22.1 Å². The molecule has 0 saturated carbocycles. The number of benzene rings is 2. The summed E-state index contributed by atoms with van der Waals surface area (Å²) in [7, 11) is 0. The van der Waals surface area contributed by atoms with Gasteiger partial charge in [-0.3, -0.25) is 24.6 Å². The second-order valence-corrected chi connectivity index (χ2v) is 8.05. The molecule has 0 unspecified atom stereocenters. The molecule has 0 aromatic heterocycles. The molecule has 0 aliphatic carbocycles. The third-order valence-electron chi connectivity index (χ3n) is 4.16. The molecule has 1 heterocycles. The number of nitro benzene ring substituents is 1. The lowest BCUT2D eigenvalue weighted by Crippen LogP contribution is -2.29. The molecule has 0 radical (unpaired) electrons. The topological polar surface area (TPSA) is 110 Å². The van der Waals surface area contributed by atoms with Crippen LogP contribution in [0, 0.1) is 15.9 Å². The van der Waals surface area contributed by atoms with Gasteiger partial charge in [-0.05, 0) is 48.4 Å². The summed E-state index contributed by atoms with van der Waals surface area (Å²) in [5.74, 6) is -1.60. The number of hydrogen-bond acceptors (Lipinski definition) is 7. The average Bonchev–Trinajstić information content (AvgIpc) is 2.97. The Labute approximate surface area is 185 Å². The number of carboxylic acid groups (broad SMARTS) is 1. The molecular formula is C20H15FN2O6S2. The number of aliphatic carboxylic acids is 1. The van der Waals surface area contributed by atoms with Crippen molar-refractivity contribution in [3.63, 3.8) is 0 Å². The number of rotatable bonds is 8. The third-order valence-corrected chi connectivity index (χ3v) is 5.54. The predicted octanol–water partition coefficient (Wildman–Crippen LogP) is 4.59. The molecule has 0 atom stereocenters. The number of thiocarbonyl (C=S) groups is 1. The van der Waals surface area contributed by atoms with Gasteiger partial charge < -0.3 is 9.84 Å². The molecule has 160 valence electrons. The van der Waals surface area contributed by atoms with Crippen molar-refractivity contribution in [2.24, 2.45) is 0 Å². The van der Waals surface area contributed by atoms with Crippen molar-refractivity contribution in [2.45, 2.75) is 12.8 Å². The number of carbonyl (C=O) groups excluding carboxylic acids is 1. The highest BCUT2D eigenvalue weighted by atomic mass is 32.2. The van der Waals surface area contributed by atoms with Gasteiger partial charge in [0.15, 0.2) is 0 Å². The van der Waals surface area contributed by atoms with Crippen LogP contribution in [0.3, 0.4) is 0 Å². The van der Waals surface area contributed by atoms with Crippen LogP contribution in [-0.4, -0.2) is 37.7 Å². The van der Waals surface area contributed by atoms with Crippen molar-refractivity contribution in [2.75, 3.05) is 6.54 Å². The Bertz CT molecular complexity index is 1090. The number of amides is 1. The van der Waals surface area contributed by atoms with Gasteiger partial charge in [-0.1, -0.05) is 30.0 Å². The minimum atomic E-state index is -0.962. The van der Waals surface area contributed by atoms with Crippen molar-refractivity contribution in [1.29, 1.82) is 0 Å². The van der Waals surface area contributed by atoms with Crippen molar-refractivity contribution < 1.29 is 28.7 Å². The van der Waals surface area contributed by atoms with Crippen LogP contribution in [0.5, 0.6) is 11.5 Å². The number of hydrogen-bond donors (Lipinski definition) is 1. The Morgan fingerprint density at radius 1 is 1.29 bits per heavy atom. The van der Waals surface area contributed by atoms with E-state index < -0.39 is 16.7 Å². The lowest BCUT2D eigenvalue weighted by atomic mass is 10.1. The van der Waals surface area contributed by atoms with E-state index in [-0.39, 0.29) is 47.4 Å². The smallest absolute Gasteiger partial charge is 0.312 e. The van der Waals surface area contributed by atoms with Crippen LogP contribution in [-0.2, 0) is 9.59 Å². The van der Waals surface area contributed by atoms with E-state index in [2.05, 4.69) is 0 Å². The zero-order chi connectivity index (χ0) is 22.5. The van der Waals surface area contributed by atoms with Crippen molar-refractivity contribution >= 4 is 51.9 Å². The molecule has 1 N–H and O–H groups in total. The number of ether oxygens (including phenoxy) is 1. The van der Waals surface area contributed by atoms with Crippen LogP contribution in [0.1, 0.15) is 18.4 Å². The summed E-state index contributed by atoms with van der Waals surface area (Å²) in [4.78, 5) is 35.7. The van der Waals surface area contributed by atoms with E-state index in [0.717, 1.165) is 11.8 Å². The van der Waals surface area contributed by atoms with Crippen LogP contribution in [0.15, 0.2) is 47.4 Å². The molecule has 0 spiro atoms. The standard InChI is InChI=1S/C20H15FN2O6S2/c21-13-4-6-14(7-5-13)29-16-8-3-12(10-15(16)23(27)28)11-17-19(26)22(20(30)31-17)9-1-2-18(24)25/h3-8,10-11H,1-2,9H2,(H,24,25)/b17-11-. The van der Waals surface area contributed by atoms with Gasteiger partial charge in [0.2, 0.25) is 5.75 Å². The molecule has 8 nitrogen and oxygen atoms in total. The molecule has 31 heavy (non-hydrogen) atoms. The van der Waals surface area contributed by atoms with Gasteiger partial charge in [0.1, 0.15) is 15.9 Å². The maximum absolute atomic E-state index is 13.0. The van der Waals surface area contributed by atoms with Gasteiger partial charge in [-0.25, -0.2) is 4.39 Å². The van der Waals surface area contributed by atoms with Gasteiger partial charge in [-0.15, -0.1) is 0 Å². The minimum Gasteiger partial charge on any atom is -0.481 e. The number of nitro groups is 1. The molecule has 11 heteroatoms.